The highest BCUT2D eigenvalue weighted by molar-refractivity contribution is 5.48. The number of nitro benzene ring substituents is 1. The molecule has 6 heteroatoms. The van der Waals surface area contributed by atoms with Crippen LogP contribution in [0.4, 0.5) is 5.69 Å². The van der Waals surface area contributed by atoms with E-state index in [4.69, 9.17) is 9.47 Å². The van der Waals surface area contributed by atoms with Gasteiger partial charge in [-0.25, -0.2) is 0 Å². The molecule has 0 saturated carbocycles. The Morgan fingerprint density at radius 3 is 2.62 bits per heavy atom. The summed E-state index contributed by atoms with van der Waals surface area (Å²) in [6.07, 6.45) is 1.66. The van der Waals surface area contributed by atoms with Crippen LogP contribution >= 0.6 is 0 Å². The Labute approximate surface area is 125 Å². The first-order valence-corrected chi connectivity index (χ1v) is 7.25. The van der Waals surface area contributed by atoms with Gasteiger partial charge in [-0.1, -0.05) is 19.9 Å². The molecular formula is C15H24N2O4. The van der Waals surface area contributed by atoms with Gasteiger partial charge < -0.3 is 14.8 Å². The van der Waals surface area contributed by atoms with Gasteiger partial charge in [0.05, 0.1) is 17.6 Å². The maximum atomic E-state index is 11.2. The Morgan fingerprint density at radius 1 is 1.33 bits per heavy atom. The van der Waals surface area contributed by atoms with Crippen LogP contribution in [0.3, 0.4) is 0 Å². The number of nitrogens with one attached hydrogen (secondary N) is 1. The van der Waals surface area contributed by atoms with E-state index in [0.29, 0.717) is 25.4 Å². The monoisotopic (exact) mass is 296 g/mol. The van der Waals surface area contributed by atoms with E-state index in [-0.39, 0.29) is 11.8 Å². The molecule has 21 heavy (non-hydrogen) atoms. The van der Waals surface area contributed by atoms with Crippen LogP contribution in [0.25, 0.3) is 0 Å². The molecule has 1 rings (SSSR count). The largest absolute Gasteiger partial charge is 0.484 e. The fraction of sp³-hybridized carbons (Fsp3) is 0.600. The van der Waals surface area contributed by atoms with Gasteiger partial charge in [-0.05, 0) is 24.5 Å². The van der Waals surface area contributed by atoms with E-state index in [2.05, 4.69) is 5.32 Å². The average Bonchev–Trinajstić information content (AvgIpc) is 2.49. The van der Waals surface area contributed by atoms with Crippen LogP contribution in [-0.4, -0.2) is 31.3 Å². The van der Waals surface area contributed by atoms with E-state index in [0.717, 1.165) is 18.4 Å². The van der Waals surface area contributed by atoms with Crippen molar-refractivity contribution < 1.29 is 14.4 Å². The smallest absolute Gasteiger partial charge is 0.311 e. The molecule has 0 bridgehead atoms. The van der Waals surface area contributed by atoms with Crippen LogP contribution in [0.15, 0.2) is 18.2 Å². The third kappa shape index (κ3) is 5.69. The normalized spacial score (nSPS) is 10.9. The molecule has 1 aromatic rings. The summed E-state index contributed by atoms with van der Waals surface area (Å²) >= 11 is 0. The summed E-state index contributed by atoms with van der Waals surface area (Å²) in [6.45, 7) is 5.89. The van der Waals surface area contributed by atoms with Crippen molar-refractivity contribution in [3.63, 3.8) is 0 Å². The average molecular weight is 296 g/mol. The van der Waals surface area contributed by atoms with Gasteiger partial charge in [-0.15, -0.1) is 0 Å². The first kappa shape index (κ1) is 17.4. The molecule has 0 spiro atoms. The van der Waals surface area contributed by atoms with Crippen molar-refractivity contribution in [2.24, 2.45) is 0 Å². The number of hydrogen-bond donors (Lipinski definition) is 1. The molecule has 0 unspecified atom stereocenters. The number of hydrogen-bond acceptors (Lipinski definition) is 5. The third-order valence-electron chi connectivity index (χ3n) is 3.24. The molecular weight excluding hydrogens is 272 g/mol. The van der Waals surface area contributed by atoms with Gasteiger partial charge in [0.1, 0.15) is 0 Å². The molecule has 118 valence electrons. The lowest BCUT2D eigenvalue weighted by molar-refractivity contribution is -0.386. The summed E-state index contributed by atoms with van der Waals surface area (Å²) in [5.41, 5.74) is 0.877. The molecule has 1 aromatic carbocycles. The molecule has 0 atom stereocenters. The lowest BCUT2D eigenvalue weighted by Crippen LogP contribution is -2.19. The van der Waals surface area contributed by atoms with Crippen molar-refractivity contribution in [3.8, 4) is 5.75 Å². The van der Waals surface area contributed by atoms with Crippen molar-refractivity contribution in [2.45, 2.75) is 39.3 Å². The molecule has 0 aliphatic rings. The van der Waals surface area contributed by atoms with E-state index in [1.54, 1.807) is 19.2 Å². The van der Waals surface area contributed by atoms with Crippen molar-refractivity contribution >= 4 is 5.69 Å². The van der Waals surface area contributed by atoms with Crippen LogP contribution in [0, 0.1) is 10.1 Å². The Bertz CT molecular complexity index is 447. The van der Waals surface area contributed by atoms with Crippen LogP contribution in [-0.2, 0) is 11.3 Å². The molecule has 1 N–H and O–H groups in total. The van der Waals surface area contributed by atoms with Gasteiger partial charge >= 0.3 is 5.69 Å². The van der Waals surface area contributed by atoms with E-state index in [1.807, 2.05) is 19.9 Å². The molecule has 0 amide bonds. The zero-order valence-electron chi connectivity index (χ0n) is 12.9. The molecule has 0 aliphatic carbocycles. The Balaban J connectivity index is 2.79. The zero-order chi connectivity index (χ0) is 15.7. The molecule has 0 aliphatic heterocycles. The first-order chi connectivity index (χ1) is 10.1. The van der Waals surface area contributed by atoms with Crippen LogP contribution in [0.2, 0.25) is 0 Å². The summed E-state index contributed by atoms with van der Waals surface area (Å²) in [5.74, 6) is 0.342. The van der Waals surface area contributed by atoms with Gasteiger partial charge in [-0.2, -0.15) is 0 Å². The van der Waals surface area contributed by atoms with Crippen molar-refractivity contribution in [1.29, 1.82) is 0 Å². The van der Waals surface area contributed by atoms with Gasteiger partial charge in [0.2, 0.25) is 0 Å². The molecule has 0 aromatic heterocycles. The molecule has 0 heterocycles. The number of methoxy groups -OCH3 is 1. The van der Waals surface area contributed by atoms with E-state index in [1.165, 1.54) is 0 Å². The summed E-state index contributed by atoms with van der Waals surface area (Å²) in [4.78, 5) is 10.8. The highest BCUT2D eigenvalue weighted by atomic mass is 16.6. The van der Waals surface area contributed by atoms with Crippen LogP contribution in [0.5, 0.6) is 5.75 Å². The summed E-state index contributed by atoms with van der Waals surface area (Å²) in [5, 5.41) is 14.4. The van der Waals surface area contributed by atoms with Gasteiger partial charge in [-0.3, -0.25) is 10.1 Å². The minimum atomic E-state index is -0.392. The number of nitro groups is 1. The standard InChI is InChI=1S/C15H24N2O4/c1-4-13(5-2)21-15-7-6-12(10-14(15)17(18)19)11-16-8-9-20-3/h6-7,10,13,16H,4-5,8-9,11H2,1-3H3. The second-order valence-corrected chi connectivity index (χ2v) is 4.79. The van der Waals surface area contributed by atoms with E-state index in [9.17, 15) is 10.1 Å². The Morgan fingerprint density at radius 2 is 2.05 bits per heavy atom. The predicted octanol–water partition coefficient (Wildman–Crippen LogP) is 2.90. The van der Waals surface area contributed by atoms with E-state index < -0.39 is 4.92 Å². The predicted molar refractivity (Wildman–Crippen MR) is 81.7 cm³/mol. The number of nitrogens with zero attached hydrogens (tertiary/aromatic N) is 1. The van der Waals surface area contributed by atoms with Gasteiger partial charge in [0.15, 0.2) is 5.75 Å². The van der Waals surface area contributed by atoms with Crippen molar-refractivity contribution in [1.82, 2.24) is 5.32 Å². The zero-order valence-corrected chi connectivity index (χ0v) is 12.9. The minimum Gasteiger partial charge on any atom is -0.484 e. The fourth-order valence-corrected chi connectivity index (χ4v) is 1.96. The number of rotatable bonds is 10. The molecule has 0 fully saturated rings. The summed E-state index contributed by atoms with van der Waals surface area (Å²) in [7, 11) is 1.64. The minimum absolute atomic E-state index is 0.00868. The summed E-state index contributed by atoms with van der Waals surface area (Å²) < 4.78 is 10.7. The second-order valence-electron chi connectivity index (χ2n) is 4.79. The Hall–Kier alpha value is -1.66. The number of benzene rings is 1. The maximum Gasteiger partial charge on any atom is 0.311 e. The first-order valence-electron chi connectivity index (χ1n) is 7.25. The van der Waals surface area contributed by atoms with Gasteiger partial charge in [0, 0.05) is 26.3 Å². The fourth-order valence-electron chi connectivity index (χ4n) is 1.96. The van der Waals surface area contributed by atoms with Crippen LogP contribution in [0.1, 0.15) is 32.3 Å². The highest BCUT2D eigenvalue weighted by Gasteiger charge is 2.18. The maximum absolute atomic E-state index is 11.2. The van der Waals surface area contributed by atoms with Crippen LogP contribution < -0.4 is 10.1 Å². The lowest BCUT2D eigenvalue weighted by Gasteiger charge is -2.16. The highest BCUT2D eigenvalue weighted by Crippen LogP contribution is 2.29. The summed E-state index contributed by atoms with van der Waals surface area (Å²) in [6, 6.07) is 5.10. The molecule has 6 nitrogen and oxygen atoms in total. The van der Waals surface area contributed by atoms with E-state index >= 15 is 0 Å². The number of ether oxygens (including phenoxy) is 2. The third-order valence-corrected chi connectivity index (χ3v) is 3.24. The van der Waals surface area contributed by atoms with Gasteiger partial charge in [0.25, 0.3) is 0 Å². The Kier molecular flexibility index (Phi) is 7.71. The molecule has 0 saturated heterocycles. The second kappa shape index (κ2) is 9.31. The molecule has 0 radical (unpaired) electrons. The topological polar surface area (TPSA) is 73.6 Å². The lowest BCUT2D eigenvalue weighted by atomic mass is 10.1. The van der Waals surface area contributed by atoms with Crippen molar-refractivity contribution in [2.75, 3.05) is 20.3 Å². The van der Waals surface area contributed by atoms with Crippen molar-refractivity contribution in [3.05, 3.63) is 33.9 Å². The SMILES string of the molecule is CCC(CC)Oc1ccc(CNCCOC)cc1[N+](=O)[O-]. The quantitative estimate of drug-likeness (QED) is 0.408.